The van der Waals surface area contributed by atoms with Crippen molar-refractivity contribution in [1.29, 1.82) is 0 Å². The van der Waals surface area contributed by atoms with Crippen LogP contribution in [0.15, 0.2) is 16.7 Å². The van der Waals surface area contributed by atoms with Gasteiger partial charge < -0.3 is 14.4 Å². The Labute approximate surface area is 198 Å². The molecule has 0 bridgehead atoms. The maximum Gasteiger partial charge on any atom is 0.306 e. The molecule has 0 amide bonds. The summed E-state index contributed by atoms with van der Waals surface area (Å²) in [7, 11) is 1.83. The molecule has 1 saturated carbocycles. The van der Waals surface area contributed by atoms with Crippen molar-refractivity contribution >= 4 is 5.97 Å². The first-order chi connectivity index (χ1) is 16.3. The number of aliphatic carboxylic acids is 1. The van der Waals surface area contributed by atoms with Gasteiger partial charge in [-0.15, -0.1) is 5.10 Å². The van der Waals surface area contributed by atoms with Crippen LogP contribution in [0.4, 0.5) is 0 Å². The van der Waals surface area contributed by atoms with Crippen LogP contribution in [0.5, 0.6) is 5.75 Å². The van der Waals surface area contributed by atoms with E-state index in [1.54, 1.807) is 4.68 Å². The lowest BCUT2D eigenvalue weighted by molar-refractivity contribution is -0.143. The van der Waals surface area contributed by atoms with E-state index in [1.807, 2.05) is 26.1 Å². The van der Waals surface area contributed by atoms with Gasteiger partial charge in [-0.2, -0.15) is 4.98 Å². The van der Waals surface area contributed by atoms with Gasteiger partial charge in [0.1, 0.15) is 11.4 Å². The van der Waals surface area contributed by atoms with Gasteiger partial charge in [-0.3, -0.25) is 9.48 Å². The molecule has 4 rings (SSSR count). The summed E-state index contributed by atoms with van der Waals surface area (Å²) in [6, 6.07) is 3.73. The van der Waals surface area contributed by atoms with Crippen LogP contribution in [0, 0.1) is 18.8 Å². The molecule has 0 saturated heterocycles. The average molecular weight is 469 g/mol. The number of rotatable bonds is 9. The molecule has 10 nitrogen and oxygen atoms in total. The molecule has 3 aromatic rings. The summed E-state index contributed by atoms with van der Waals surface area (Å²) in [5, 5.41) is 21.9. The topological polar surface area (TPSA) is 129 Å². The summed E-state index contributed by atoms with van der Waals surface area (Å²) < 4.78 is 13.3. The van der Waals surface area contributed by atoms with Crippen LogP contribution in [-0.2, 0) is 24.7 Å². The second kappa shape index (κ2) is 10.3. The Balaban J connectivity index is 1.48. The number of ether oxygens (including phenoxy) is 1. The Kier molecular flexibility index (Phi) is 7.23. The predicted octanol–water partition coefficient (Wildman–Crippen LogP) is 3.77. The highest BCUT2D eigenvalue weighted by molar-refractivity contribution is 5.70. The fourth-order valence-corrected chi connectivity index (χ4v) is 4.26. The average Bonchev–Trinajstić information content (AvgIpc) is 3.41. The van der Waals surface area contributed by atoms with Crippen molar-refractivity contribution in [3.05, 3.63) is 35.2 Å². The van der Waals surface area contributed by atoms with Crippen LogP contribution in [0.25, 0.3) is 11.4 Å². The number of aryl methyl sites for hydroxylation is 3. The summed E-state index contributed by atoms with van der Waals surface area (Å²) in [5.41, 5.74) is 2.89. The van der Waals surface area contributed by atoms with E-state index < -0.39 is 5.97 Å². The molecule has 34 heavy (non-hydrogen) atoms. The number of hydrogen-bond donors (Lipinski definition) is 1. The van der Waals surface area contributed by atoms with Crippen molar-refractivity contribution in [3.8, 4) is 17.1 Å². The molecule has 0 spiro atoms. The second-order valence-corrected chi connectivity index (χ2v) is 9.44. The maximum absolute atomic E-state index is 11.3. The Morgan fingerprint density at radius 1 is 1.29 bits per heavy atom. The summed E-state index contributed by atoms with van der Waals surface area (Å²) >= 11 is 0. The molecule has 1 N–H and O–H groups in total. The molecule has 1 aliphatic rings. The van der Waals surface area contributed by atoms with Gasteiger partial charge >= 0.3 is 5.97 Å². The minimum Gasteiger partial charge on any atom is -0.489 e. The molecule has 3 heterocycles. The zero-order valence-corrected chi connectivity index (χ0v) is 20.2. The molecule has 0 radical (unpaired) electrons. The third-order valence-corrected chi connectivity index (χ3v) is 6.27. The van der Waals surface area contributed by atoms with Crippen molar-refractivity contribution in [1.82, 2.24) is 30.1 Å². The standard InChI is InChI=1S/C24H32N6O4/c1-14(2)8-11-21-26-22(34-28-21)13-19-23(27-29-30(19)4)18-9-10-20(15(3)25-18)33-17-7-5-6-16(12-17)24(31)32/h9-10,14,16-17H,5-8,11-13H2,1-4H3,(H,31,32)/t16-,17?/m0/s1. The van der Waals surface area contributed by atoms with Crippen LogP contribution < -0.4 is 4.74 Å². The minimum atomic E-state index is -0.748. The summed E-state index contributed by atoms with van der Waals surface area (Å²) in [5.74, 6) is 1.38. The van der Waals surface area contributed by atoms with Crippen LogP contribution in [0.3, 0.4) is 0 Å². The van der Waals surface area contributed by atoms with Gasteiger partial charge in [0.05, 0.1) is 35.5 Å². The smallest absolute Gasteiger partial charge is 0.306 e. The normalized spacial score (nSPS) is 18.4. The molecular weight excluding hydrogens is 436 g/mol. The Hall–Kier alpha value is -3.30. The van der Waals surface area contributed by atoms with E-state index in [9.17, 15) is 9.90 Å². The van der Waals surface area contributed by atoms with Crippen LogP contribution in [0.1, 0.15) is 69.1 Å². The maximum atomic E-state index is 11.3. The van der Waals surface area contributed by atoms with Crippen LogP contribution in [-0.4, -0.2) is 47.3 Å². The van der Waals surface area contributed by atoms with Gasteiger partial charge in [0.25, 0.3) is 0 Å². The lowest BCUT2D eigenvalue weighted by Crippen LogP contribution is -2.29. The van der Waals surface area contributed by atoms with E-state index in [-0.39, 0.29) is 12.0 Å². The first-order valence-corrected chi connectivity index (χ1v) is 11.9. The van der Waals surface area contributed by atoms with Gasteiger partial charge in [0.15, 0.2) is 5.82 Å². The van der Waals surface area contributed by atoms with Crippen molar-refractivity contribution < 1.29 is 19.2 Å². The van der Waals surface area contributed by atoms with Gasteiger partial charge in [-0.05, 0) is 57.1 Å². The van der Waals surface area contributed by atoms with Gasteiger partial charge in [-0.25, -0.2) is 4.98 Å². The number of hydrogen-bond acceptors (Lipinski definition) is 8. The first-order valence-electron chi connectivity index (χ1n) is 11.9. The molecule has 0 aromatic carbocycles. The summed E-state index contributed by atoms with van der Waals surface area (Å²) in [6.45, 7) is 6.22. The lowest BCUT2D eigenvalue weighted by atomic mass is 9.87. The Bertz CT molecular complexity index is 1140. The number of aromatic nitrogens is 6. The largest absolute Gasteiger partial charge is 0.489 e. The molecule has 2 atom stereocenters. The van der Waals surface area contributed by atoms with E-state index in [0.717, 1.165) is 37.1 Å². The minimum absolute atomic E-state index is 0.115. The van der Waals surface area contributed by atoms with Crippen molar-refractivity contribution in [3.63, 3.8) is 0 Å². The quantitative estimate of drug-likeness (QED) is 0.499. The van der Waals surface area contributed by atoms with E-state index in [4.69, 9.17) is 14.2 Å². The number of nitrogens with zero attached hydrogens (tertiary/aromatic N) is 6. The molecule has 1 aliphatic carbocycles. The monoisotopic (exact) mass is 468 g/mol. The van der Waals surface area contributed by atoms with Gasteiger partial charge in [0.2, 0.25) is 5.89 Å². The molecule has 0 aliphatic heterocycles. The third-order valence-electron chi connectivity index (χ3n) is 6.27. The van der Waals surface area contributed by atoms with Crippen molar-refractivity contribution in [2.75, 3.05) is 0 Å². The van der Waals surface area contributed by atoms with Crippen molar-refractivity contribution in [2.24, 2.45) is 18.9 Å². The predicted molar refractivity (Wildman–Crippen MR) is 123 cm³/mol. The molecule has 10 heteroatoms. The third kappa shape index (κ3) is 5.60. The number of carboxylic acid groups (broad SMARTS) is 1. The number of pyridine rings is 1. The molecular formula is C24H32N6O4. The first kappa shape index (κ1) is 23.8. The Morgan fingerprint density at radius 3 is 2.85 bits per heavy atom. The van der Waals surface area contributed by atoms with E-state index >= 15 is 0 Å². The highest BCUT2D eigenvalue weighted by Crippen LogP contribution is 2.30. The second-order valence-electron chi connectivity index (χ2n) is 9.44. The SMILES string of the molecule is Cc1nc(-c2nnn(C)c2Cc2nc(CCC(C)C)no2)ccc1OC1CCC[C@H](C(=O)O)C1. The fourth-order valence-electron chi connectivity index (χ4n) is 4.26. The molecule has 182 valence electrons. The van der Waals surface area contributed by atoms with E-state index in [1.165, 1.54) is 0 Å². The zero-order chi connectivity index (χ0) is 24.2. The van der Waals surface area contributed by atoms with Gasteiger partial charge in [0, 0.05) is 13.5 Å². The van der Waals surface area contributed by atoms with E-state index in [0.29, 0.717) is 54.0 Å². The molecule has 1 fully saturated rings. The van der Waals surface area contributed by atoms with E-state index in [2.05, 4.69) is 34.3 Å². The summed E-state index contributed by atoms with van der Waals surface area (Å²) in [4.78, 5) is 20.6. The number of carboxylic acids is 1. The lowest BCUT2D eigenvalue weighted by Gasteiger charge is -2.27. The molecule has 3 aromatic heterocycles. The van der Waals surface area contributed by atoms with Gasteiger partial charge in [-0.1, -0.05) is 24.2 Å². The fraction of sp³-hybridized carbons (Fsp3) is 0.583. The van der Waals surface area contributed by atoms with Crippen molar-refractivity contribution in [2.45, 2.75) is 71.8 Å². The highest BCUT2D eigenvalue weighted by Gasteiger charge is 2.28. The highest BCUT2D eigenvalue weighted by atomic mass is 16.5. The Morgan fingerprint density at radius 2 is 2.12 bits per heavy atom. The zero-order valence-electron chi connectivity index (χ0n) is 20.2. The molecule has 1 unspecified atom stereocenters. The summed E-state index contributed by atoms with van der Waals surface area (Å²) in [6.07, 6.45) is 5.02. The van der Waals surface area contributed by atoms with Crippen LogP contribution >= 0.6 is 0 Å². The number of carbonyl (C=O) groups is 1. The van der Waals surface area contributed by atoms with Crippen LogP contribution in [0.2, 0.25) is 0 Å².